The van der Waals surface area contributed by atoms with Crippen LogP contribution in [0.25, 0.3) is 0 Å². The Hall–Kier alpha value is -1.69. The number of nitrogens with two attached hydrogens (primary N) is 1. The van der Waals surface area contributed by atoms with Crippen molar-refractivity contribution in [3.8, 4) is 0 Å². The van der Waals surface area contributed by atoms with Crippen LogP contribution in [0.2, 0.25) is 0 Å². The predicted octanol–water partition coefficient (Wildman–Crippen LogP) is -0.627. The fourth-order valence-electron chi connectivity index (χ4n) is 1.15. The zero-order valence-electron chi connectivity index (χ0n) is 9.36. The first-order chi connectivity index (χ1) is 7.50. The third kappa shape index (κ3) is 3.47. The molecular formula is C10H16N4O2. The molecule has 1 rings (SSSR count). The number of carbonyl (C=O) groups is 2. The SMILES string of the molecule is CC(=O)[C@@H](C)NC(=O)[C@@H](N)Cc1cnc[nH]1. The monoisotopic (exact) mass is 224 g/mol. The van der Waals surface area contributed by atoms with Gasteiger partial charge in [-0.25, -0.2) is 4.98 Å². The number of rotatable bonds is 5. The normalized spacial score (nSPS) is 14.2. The Labute approximate surface area is 93.6 Å². The van der Waals surface area contributed by atoms with Gasteiger partial charge in [0.2, 0.25) is 5.91 Å². The topological polar surface area (TPSA) is 101 Å². The van der Waals surface area contributed by atoms with Gasteiger partial charge in [0, 0.05) is 18.3 Å². The predicted molar refractivity (Wildman–Crippen MR) is 58.6 cm³/mol. The highest BCUT2D eigenvalue weighted by Gasteiger charge is 2.18. The van der Waals surface area contributed by atoms with Gasteiger partial charge in [-0.1, -0.05) is 0 Å². The van der Waals surface area contributed by atoms with Crippen LogP contribution in [0.1, 0.15) is 19.5 Å². The number of nitrogens with zero attached hydrogens (tertiary/aromatic N) is 1. The molecule has 0 saturated heterocycles. The first-order valence-electron chi connectivity index (χ1n) is 5.04. The van der Waals surface area contributed by atoms with Gasteiger partial charge < -0.3 is 16.0 Å². The number of hydrogen-bond acceptors (Lipinski definition) is 4. The molecule has 6 nitrogen and oxygen atoms in total. The smallest absolute Gasteiger partial charge is 0.237 e. The molecule has 1 aromatic rings. The molecule has 0 unspecified atom stereocenters. The molecule has 2 atom stereocenters. The number of carbonyl (C=O) groups excluding carboxylic acids is 2. The lowest BCUT2D eigenvalue weighted by atomic mass is 10.1. The first-order valence-corrected chi connectivity index (χ1v) is 5.04. The van der Waals surface area contributed by atoms with E-state index in [2.05, 4.69) is 15.3 Å². The van der Waals surface area contributed by atoms with Gasteiger partial charge in [-0.3, -0.25) is 9.59 Å². The van der Waals surface area contributed by atoms with Crippen molar-refractivity contribution in [1.29, 1.82) is 0 Å². The minimum atomic E-state index is -0.678. The summed E-state index contributed by atoms with van der Waals surface area (Å²) < 4.78 is 0. The molecule has 1 heterocycles. The van der Waals surface area contributed by atoms with E-state index in [1.54, 1.807) is 13.1 Å². The lowest BCUT2D eigenvalue weighted by molar-refractivity contribution is -0.127. The highest BCUT2D eigenvalue weighted by atomic mass is 16.2. The molecule has 0 radical (unpaired) electrons. The van der Waals surface area contributed by atoms with Gasteiger partial charge in [-0.05, 0) is 13.8 Å². The molecule has 0 aliphatic heterocycles. The Morgan fingerprint density at radius 2 is 2.31 bits per heavy atom. The van der Waals surface area contributed by atoms with Crippen molar-refractivity contribution in [3.05, 3.63) is 18.2 Å². The highest BCUT2D eigenvalue weighted by molar-refractivity contribution is 5.89. The van der Waals surface area contributed by atoms with E-state index in [1.807, 2.05) is 0 Å². The maximum Gasteiger partial charge on any atom is 0.237 e. The summed E-state index contributed by atoms with van der Waals surface area (Å²) in [6.45, 7) is 3.05. The molecule has 0 spiro atoms. The summed E-state index contributed by atoms with van der Waals surface area (Å²) in [6, 6.07) is -1.18. The second-order valence-corrected chi connectivity index (χ2v) is 3.73. The molecule has 88 valence electrons. The van der Waals surface area contributed by atoms with Crippen LogP contribution in [0.4, 0.5) is 0 Å². The molecule has 0 aliphatic carbocycles. The van der Waals surface area contributed by atoms with Crippen LogP contribution in [0.15, 0.2) is 12.5 Å². The summed E-state index contributed by atoms with van der Waals surface area (Å²) >= 11 is 0. The molecule has 6 heteroatoms. The van der Waals surface area contributed by atoms with Crippen LogP contribution in [0.3, 0.4) is 0 Å². The Morgan fingerprint density at radius 3 is 2.81 bits per heavy atom. The van der Waals surface area contributed by atoms with Gasteiger partial charge in [0.1, 0.15) is 0 Å². The number of aromatic nitrogens is 2. The number of imidazole rings is 1. The molecule has 16 heavy (non-hydrogen) atoms. The van der Waals surface area contributed by atoms with E-state index in [0.717, 1.165) is 5.69 Å². The maximum atomic E-state index is 11.6. The van der Waals surface area contributed by atoms with Crippen molar-refractivity contribution in [2.45, 2.75) is 32.4 Å². The van der Waals surface area contributed by atoms with E-state index in [-0.39, 0.29) is 11.7 Å². The fourth-order valence-corrected chi connectivity index (χ4v) is 1.15. The number of Topliss-reactive ketones (excluding diaryl/α,β-unsaturated/α-hetero) is 1. The number of aromatic amines is 1. The minimum absolute atomic E-state index is 0.0953. The first kappa shape index (κ1) is 12.4. The number of amides is 1. The van der Waals surface area contributed by atoms with E-state index in [0.29, 0.717) is 6.42 Å². The summed E-state index contributed by atoms with van der Waals surface area (Å²) in [6.07, 6.45) is 3.51. The zero-order valence-corrected chi connectivity index (χ0v) is 9.36. The second kappa shape index (κ2) is 5.41. The second-order valence-electron chi connectivity index (χ2n) is 3.73. The Morgan fingerprint density at radius 1 is 1.62 bits per heavy atom. The highest BCUT2D eigenvalue weighted by Crippen LogP contribution is 1.97. The van der Waals surface area contributed by atoms with Crippen molar-refractivity contribution >= 4 is 11.7 Å². The summed E-state index contributed by atoms with van der Waals surface area (Å²) in [4.78, 5) is 29.2. The van der Waals surface area contributed by atoms with Crippen molar-refractivity contribution < 1.29 is 9.59 Å². The number of nitrogens with one attached hydrogen (secondary N) is 2. The van der Waals surface area contributed by atoms with Crippen LogP contribution in [-0.2, 0) is 16.0 Å². The molecule has 0 aliphatic rings. The molecule has 1 amide bonds. The van der Waals surface area contributed by atoms with E-state index in [9.17, 15) is 9.59 Å². The van der Waals surface area contributed by atoms with E-state index < -0.39 is 12.1 Å². The molecule has 0 saturated carbocycles. The quantitative estimate of drug-likeness (QED) is 0.620. The zero-order chi connectivity index (χ0) is 12.1. The molecule has 4 N–H and O–H groups in total. The van der Waals surface area contributed by atoms with Crippen molar-refractivity contribution in [2.24, 2.45) is 5.73 Å². The van der Waals surface area contributed by atoms with Gasteiger partial charge in [-0.15, -0.1) is 0 Å². The molecule has 0 aromatic carbocycles. The standard InChI is InChI=1S/C10H16N4O2/c1-6(7(2)15)14-10(16)9(11)3-8-4-12-5-13-8/h4-6,9H,3,11H2,1-2H3,(H,12,13)(H,14,16)/t6-,9+/m1/s1. The Kier molecular flexibility index (Phi) is 4.19. The average molecular weight is 224 g/mol. The van der Waals surface area contributed by atoms with Gasteiger partial charge in [0.15, 0.2) is 5.78 Å². The fraction of sp³-hybridized carbons (Fsp3) is 0.500. The van der Waals surface area contributed by atoms with Crippen LogP contribution in [0, 0.1) is 0 Å². The van der Waals surface area contributed by atoms with Gasteiger partial charge in [0.05, 0.1) is 18.4 Å². The van der Waals surface area contributed by atoms with Crippen LogP contribution >= 0.6 is 0 Å². The van der Waals surface area contributed by atoms with Crippen LogP contribution < -0.4 is 11.1 Å². The van der Waals surface area contributed by atoms with Crippen molar-refractivity contribution in [3.63, 3.8) is 0 Å². The average Bonchev–Trinajstić information content (AvgIpc) is 2.69. The van der Waals surface area contributed by atoms with Gasteiger partial charge in [-0.2, -0.15) is 0 Å². The number of H-pyrrole nitrogens is 1. The molecular weight excluding hydrogens is 208 g/mol. The maximum absolute atomic E-state index is 11.6. The molecule has 0 bridgehead atoms. The molecule has 0 fully saturated rings. The lowest BCUT2D eigenvalue weighted by Gasteiger charge is -2.14. The summed E-state index contributed by atoms with van der Waals surface area (Å²) in [5.74, 6) is -0.431. The number of ketones is 1. The van der Waals surface area contributed by atoms with Gasteiger partial charge >= 0.3 is 0 Å². The minimum Gasteiger partial charge on any atom is -0.348 e. The van der Waals surface area contributed by atoms with Crippen molar-refractivity contribution in [1.82, 2.24) is 15.3 Å². The summed E-state index contributed by atoms with van der Waals surface area (Å²) in [5.41, 5.74) is 6.48. The van der Waals surface area contributed by atoms with E-state index in [1.165, 1.54) is 13.3 Å². The Bertz CT molecular complexity index is 361. The van der Waals surface area contributed by atoms with Crippen LogP contribution in [0.5, 0.6) is 0 Å². The molecule has 1 aromatic heterocycles. The number of hydrogen-bond donors (Lipinski definition) is 3. The largest absolute Gasteiger partial charge is 0.348 e. The van der Waals surface area contributed by atoms with Crippen molar-refractivity contribution in [2.75, 3.05) is 0 Å². The van der Waals surface area contributed by atoms with Crippen LogP contribution in [-0.4, -0.2) is 33.7 Å². The summed E-state index contributed by atoms with van der Waals surface area (Å²) in [7, 11) is 0. The van der Waals surface area contributed by atoms with E-state index in [4.69, 9.17) is 5.73 Å². The third-order valence-corrected chi connectivity index (χ3v) is 2.30. The van der Waals surface area contributed by atoms with E-state index >= 15 is 0 Å². The lowest BCUT2D eigenvalue weighted by Crippen LogP contribution is -2.47. The Balaban J connectivity index is 2.45. The third-order valence-electron chi connectivity index (χ3n) is 2.30. The van der Waals surface area contributed by atoms with Gasteiger partial charge in [0.25, 0.3) is 0 Å². The summed E-state index contributed by atoms with van der Waals surface area (Å²) in [5, 5.41) is 2.54.